The van der Waals surface area contributed by atoms with E-state index in [0.29, 0.717) is 11.4 Å². The van der Waals surface area contributed by atoms with Crippen LogP contribution in [0.4, 0.5) is 17.6 Å². The molecule has 1 aromatic heterocycles. The summed E-state index contributed by atoms with van der Waals surface area (Å²) in [6.45, 7) is 0. The molecule has 22 heavy (non-hydrogen) atoms. The first-order valence-corrected chi connectivity index (χ1v) is 6.11. The molecule has 8 heteroatoms. The van der Waals surface area contributed by atoms with Gasteiger partial charge in [-0.2, -0.15) is 0 Å². The Kier molecular flexibility index (Phi) is 4.51. The van der Waals surface area contributed by atoms with E-state index in [-0.39, 0.29) is 5.56 Å². The zero-order valence-corrected chi connectivity index (χ0v) is 11.4. The minimum absolute atomic E-state index is 0.257. The number of hydrogen-bond acceptors (Lipinski definition) is 4. The monoisotopic (exact) mass is 316 g/mol. The highest BCUT2D eigenvalue weighted by Crippen LogP contribution is 2.29. The molecule has 0 aliphatic heterocycles. The molecule has 2 N–H and O–H groups in total. The van der Waals surface area contributed by atoms with E-state index in [1.54, 1.807) is 12.1 Å². The van der Waals surface area contributed by atoms with Crippen LogP contribution in [0.15, 0.2) is 36.5 Å². The predicted molar refractivity (Wildman–Crippen MR) is 69.9 cm³/mol. The second-order valence-electron chi connectivity index (χ2n) is 4.34. The van der Waals surface area contributed by atoms with Crippen LogP contribution in [0.2, 0.25) is 0 Å². The molecule has 0 aliphatic carbocycles. The zero-order valence-electron chi connectivity index (χ0n) is 11.4. The van der Waals surface area contributed by atoms with Crippen molar-refractivity contribution in [3.8, 4) is 11.5 Å². The van der Waals surface area contributed by atoms with Crippen molar-refractivity contribution in [1.29, 1.82) is 0 Å². The van der Waals surface area contributed by atoms with Crippen LogP contribution < -0.4 is 15.2 Å². The van der Waals surface area contributed by atoms with Gasteiger partial charge >= 0.3 is 6.36 Å². The standard InChI is InChI=1S/C14H12F4N2O2/c1-21-9-4-5-20-11(7-9)13(19)8-2-3-12(10(15)6-8)22-14(16,17)18/h2-7,13H,19H2,1H3. The van der Waals surface area contributed by atoms with Crippen LogP contribution >= 0.6 is 0 Å². The number of hydrogen-bond donors (Lipinski definition) is 1. The zero-order chi connectivity index (χ0) is 16.3. The Balaban J connectivity index is 2.27. The Morgan fingerprint density at radius 1 is 1.18 bits per heavy atom. The first kappa shape index (κ1) is 16.0. The lowest BCUT2D eigenvalue weighted by atomic mass is 10.0. The number of benzene rings is 1. The summed E-state index contributed by atoms with van der Waals surface area (Å²) >= 11 is 0. The molecule has 2 rings (SSSR count). The molecule has 1 atom stereocenters. The average molecular weight is 316 g/mol. The molecule has 0 saturated heterocycles. The maximum Gasteiger partial charge on any atom is 0.573 e. The average Bonchev–Trinajstić information content (AvgIpc) is 2.47. The highest BCUT2D eigenvalue weighted by molar-refractivity contribution is 5.36. The van der Waals surface area contributed by atoms with Crippen molar-refractivity contribution in [3.63, 3.8) is 0 Å². The molecule has 0 aliphatic rings. The lowest BCUT2D eigenvalue weighted by Gasteiger charge is -2.14. The fraction of sp³-hybridized carbons (Fsp3) is 0.214. The van der Waals surface area contributed by atoms with E-state index in [1.807, 2.05) is 0 Å². The molecule has 1 aromatic carbocycles. The van der Waals surface area contributed by atoms with E-state index in [2.05, 4.69) is 9.72 Å². The molecule has 0 spiro atoms. The van der Waals surface area contributed by atoms with E-state index in [4.69, 9.17) is 10.5 Å². The smallest absolute Gasteiger partial charge is 0.497 e. The molecular formula is C14H12F4N2O2. The van der Waals surface area contributed by atoms with Crippen molar-refractivity contribution >= 4 is 0 Å². The predicted octanol–water partition coefficient (Wildman–Crippen LogP) is 3.18. The normalized spacial score (nSPS) is 12.8. The first-order chi connectivity index (χ1) is 10.3. The number of methoxy groups -OCH3 is 1. The lowest BCUT2D eigenvalue weighted by Crippen LogP contribution is -2.18. The SMILES string of the molecule is COc1ccnc(C(N)c2ccc(OC(F)(F)F)c(F)c2)c1. The van der Waals surface area contributed by atoms with Gasteiger partial charge in [-0.15, -0.1) is 13.2 Å². The minimum atomic E-state index is -4.96. The number of alkyl halides is 3. The van der Waals surface area contributed by atoms with Gasteiger partial charge in [0.25, 0.3) is 0 Å². The van der Waals surface area contributed by atoms with Crippen LogP contribution in [-0.2, 0) is 0 Å². The van der Waals surface area contributed by atoms with Crippen LogP contribution in [0.5, 0.6) is 11.5 Å². The van der Waals surface area contributed by atoms with Crippen LogP contribution in [-0.4, -0.2) is 18.5 Å². The fourth-order valence-electron chi connectivity index (χ4n) is 1.81. The van der Waals surface area contributed by atoms with E-state index >= 15 is 0 Å². The quantitative estimate of drug-likeness (QED) is 0.880. The van der Waals surface area contributed by atoms with Crippen LogP contribution in [0.3, 0.4) is 0 Å². The Bertz CT molecular complexity index is 662. The molecule has 0 saturated carbocycles. The van der Waals surface area contributed by atoms with Crippen LogP contribution in [0.1, 0.15) is 17.3 Å². The third-order valence-corrected chi connectivity index (χ3v) is 2.85. The van der Waals surface area contributed by atoms with Gasteiger partial charge in [0.1, 0.15) is 5.75 Å². The van der Waals surface area contributed by atoms with E-state index in [0.717, 1.165) is 12.1 Å². The Hall–Kier alpha value is -2.35. The summed E-state index contributed by atoms with van der Waals surface area (Å²) in [5, 5.41) is 0. The first-order valence-electron chi connectivity index (χ1n) is 6.11. The number of nitrogens with zero attached hydrogens (tertiary/aromatic N) is 1. The van der Waals surface area contributed by atoms with Gasteiger partial charge < -0.3 is 15.2 Å². The third-order valence-electron chi connectivity index (χ3n) is 2.85. The highest BCUT2D eigenvalue weighted by atomic mass is 19.4. The van der Waals surface area contributed by atoms with Crippen molar-refractivity contribution in [3.05, 3.63) is 53.6 Å². The van der Waals surface area contributed by atoms with Crippen molar-refractivity contribution in [2.45, 2.75) is 12.4 Å². The van der Waals surface area contributed by atoms with Gasteiger partial charge in [-0.25, -0.2) is 4.39 Å². The van der Waals surface area contributed by atoms with Gasteiger partial charge in [-0.1, -0.05) is 6.07 Å². The van der Waals surface area contributed by atoms with Gasteiger partial charge in [-0.3, -0.25) is 4.98 Å². The lowest BCUT2D eigenvalue weighted by molar-refractivity contribution is -0.275. The summed E-state index contributed by atoms with van der Waals surface area (Å²) < 4.78 is 58.5. The number of nitrogens with two attached hydrogens (primary N) is 1. The number of pyridine rings is 1. The molecule has 4 nitrogen and oxygen atoms in total. The number of aromatic nitrogens is 1. The summed E-state index contributed by atoms with van der Waals surface area (Å²) in [6, 6.07) is 5.35. The maximum absolute atomic E-state index is 13.7. The van der Waals surface area contributed by atoms with Gasteiger partial charge in [0, 0.05) is 12.3 Å². The molecule has 0 amide bonds. The molecule has 1 heterocycles. The summed E-state index contributed by atoms with van der Waals surface area (Å²) in [7, 11) is 1.47. The number of halogens is 4. The molecular weight excluding hydrogens is 304 g/mol. The summed E-state index contributed by atoms with van der Waals surface area (Å²) in [5.74, 6) is -1.56. The Morgan fingerprint density at radius 2 is 1.91 bits per heavy atom. The largest absolute Gasteiger partial charge is 0.573 e. The third kappa shape index (κ3) is 3.85. The van der Waals surface area contributed by atoms with Crippen LogP contribution in [0.25, 0.3) is 0 Å². The second kappa shape index (κ2) is 6.18. The summed E-state index contributed by atoms with van der Waals surface area (Å²) in [6.07, 6.45) is -3.50. The fourth-order valence-corrected chi connectivity index (χ4v) is 1.81. The Labute approximate surface area is 123 Å². The molecule has 2 aromatic rings. The highest BCUT2D eigenvalue weighted by Gasteiger charge is 2.32. The number of rotatable bonds is 4. The molecule has 118 valence electrons. The van der Waals surface area contributed by atoms with E-state index < -0.39 is 24.0 Å². The Morgan fingerprint density at radius 3 is 2.50 bits per heavy atom. The molecule has 0 bridgehead atoms. The van der Waals surface area contributed by atoms with Gasteiger partial charge in [0.15, 0.2) is 11.6 Å². The van der Waals surface area contributed by atoms with Gasteiger partial charge in [0.05, 0.1) is 18.8 Å². The van der Waals surface area contributed by atoms with Gasteiger partial charge in [0.2, 0.25) is 0 Å². The summed E-state index contributed by atoms with van der Waals surface area (Å²) in [4.78, 5) is 4.04. The topological polar surface area (TPSA) is 57.4 Å². The maximum atomic E-state index is 13.7. The number of ether oxygens (including phenoxy) is 2. The van der Waals surface area contributed by atoms with Gasteiger partial charge in [-0.05, 0) is 23.8 Å². The van der Waals surface area contributed by atoms with Crippen molar-refractivity contribution < 1.29 is 27.0 Å². The molecule has 1 unspecified atom stereocenters. The van der Waals surface area contributed by atoms with E-state index in [9.17, 15) is 17.6 Å². The summed E-state index contributed by atoms with van der Waals surface area (Å²) in [5.41, 5.74) is 6.59. The van der Waals surface area contributed by atoms with Crippen molar-refractivity contribution in [2.24, 2.45) is 5.73 Å². The minimum Gasteiger partial charge on any atom is -0.497 e. The second-order valence-corrected chi connectivity index (χ2v) is 4.34. The molecule has 0 radical (unpaired) electrons. The van der Waals surface area contributed by atoms with Crippen LogP contribution in [0, 0.1) is 5.82 Å². The van der Waals surface area contributed by atoms with Crippen molar-refractivity contribution in [2.75, 3.05) is 7.11 Å². The molecule has 0 fully saturated rings. The van der Waals surface area contributed by atoms with Crippen molar-refractivity contribution in [1.82, 2.24) is 4.98 Å². The van der Waals surface area contributed by atoms with E-state index in [1.165, 1.54) is 19.4 Å².